The molecule has 6 aromatic carbocycles. The maximum Gasteiger partial charge on any atom is 0.408 e. The first-order chi connectivity index (χ1) is 56.9. The number of methoxy groups -OCH3 is 2. The Morgan fingerprint density at radius 3 is 2.02 bits per heavy atom. The number of ether oxygens (including phenoxy) is 9. The lowest BCUT2D eigenvalue weighted by Gasteiger charge is -2.42. The van der Waals surface area contributed by atoms with E-state index < -0.39 is 83.0 Å². The van der Waals surface area contributed by atoms with Crippen LogP contribution in [0.5, 0.6) is 28.9 Å². The molecular formula is C90H108ClFN11O16S+. The van der Waals surface area contributed by atoms with Crippen LogP contribution in [0.4, 0.5) is 14.9 Å². The van der Waals surface area contributed by atoms with Gasteiger partial charge in [-0.05, 0) is 175 Å². The molecule has 27 nitrogen and oxygen atoms in total. The summed E-state index contributed by atoms with van der Waals surface area (Å²) in [5, 5.41) is 8.94. The summed E-state index contributed by atoms with van der Waals surface area (Å²) in [6.45, 7) is 23.6. The van der Waals surface area contributed by atoms with Crippen LogP contribution in [0.3, 0.4) is 0 Å². The Morgan fingerprint density at radius 1 is 0.700 bits per heavy atom. The van der Waals surface area contributed by atoms with Crippen LogP contribution >= 0.6 is 22.9 Å². The monoisotopic (exact) mass is 1680 g/mol. The molecule has 30 heteroatoms. The molecule has 0 spiro atoms. The third kappa shape index (κ3) is 26.1. The van der Waals surface area contributed by atoms with Crippen molar-refractivity contribution in [2.75, 3.05) is 99.1 Å². The van der Waals surface area contributed by atoms with E-state index in [1.165, 1.54) is 39.6 Å². The number of carbonyl (C=O) groups excluding carboxylic acids is 7. The molecule has 4 amide bonds. The van der Waals surface area contributed by atoms with Crippen molar-refractivity contribution in [1.82, 2.24) is 45.3 Å². The van der Waals surface area contributed by atoms with E-state index in [0.717, 1.165) is 18.7 Å². The second-order valence-corrected chi connectivity index (χ2v) is 34.4. The molecule has 0 radical (unpaired) electrons. The number of halogens is 2. The van der Waals surface area contributed by atoms with E-state index in [1.807, 2.05) is 67.6 Å². The number of amides is 4. The summed E-state index contributed by atoms with van der Waals surface area (Å²) in [5.41, 5.74) is 4.79. The standard InChI is InChI=1S/C90H107ClFN11O16S/c1-56(2)80(99-87(110)119-90(10,11)12)83(108)94-47-73(104)97-64-32-29-61(62(45-64)48-100(13)74(105)49-102(50-75(106)117-88(4,5)6)51-76(107)118-89(7,8)9)52-103(14)42-39-101(40-43-103)41-44-113-71-36-35-67(57(3)79(71)91)77-78-84(95-55-96-85(78)120-81(77)59-27-30-63(92)31-28-59)116-72(86(109)115-53-58-25-33-66(111-15)34-26-58)46-60-21-17-19-23-69(60)114-54-65-37-38-93-82(98-65)68-22-18-20-24-70(68)112-16/h17-38,45,55-56,72,80H,39-44,46-54H2,1-16H3,(H2-,94,97,99,104,108,110)/p+1. The summed E-state index contributed by atoms with van der Waals surface area (Å²) in [7, 11) is 6.95. The number of para-hydroxylation sites is 2. The van der Waals surface area contributed by atoms with Gasteiger partial charge in [0.2, 0.25) is 29.7 Å². The Kier molecular flexibility index (Phi) is 30.8. The number of nitrogens with zero attached hydrogens (tertiary/aromatic N) is 8. The molecule has 1 aliphatic heterocycles. The van der Waals surface area contributed by atoms with Gasteiger partial charge in [-0.15, -0.1) is 11.3 Å². The lowest BCUT2D eigenvalue weighted by molar-refractivity contribution is -0.926. The van der Waals surface area contributed by atoms with Gasteiger partial charge < -0.3 is 68.0 Å². The number of alkyl carbamates (subject to hydrolysis) is 1. The first-order valence-electron chi connectivity index (χ1n) is 39.6. The molecule has 4 heterocycles. The van der Waals surface area contributed by atoms with Gasteiger partial charge in [-0.3, -0.25) is 33.8 Å². The van der Waals surface area contributed by atoms with Crippen LogP contribution in [0, 0.1) is 18.7 Å². The first kappa shape index (κ1) is 90.9. The number of likely N-dealkylation sites (N-methyl/N-ethyl adjacent to an activating group) is 2. The van der Waals surface area contributed by atoms with Crippen molar-refractivity contribution >= 4 is 80.6 Å². The molecule has 3 N–H and O–H groups in total. The fraction of sp³-hybridized carbons (Fsp3) is 0.411. The SMILES string of the molecule is COc1ccc(COC(=O)C(Cc2ccccc2OCc2ccnc(-c3ccccc3OC)n2)Oc2ncnc3sc(-c4ccc(F)cc4)c(-c4ccc(OCCN5CC[N+](C)(Cc6ccc(NC(=O)CNC(=O)C(NC(=O)OC(C)(C)C)C(C)C)cc6CN(C)C(=O)CN(CC(=O)OC(C)(C)C)CC(=O)OC(C)(C)C)CC5)c(Cl)c4C)c23)cc1. The minimum atomic E-state index is -1.31. The predicted molar refractivity (Wildman–Crippen MR) is 456 cm³/mol. The minimum Gasteiger partial charge on any atom is -0.497 e. The lowest BCUT2D eigenvalue weighted by atomic mass is 9.96. The number of anilines is 1. The second-order valence-electron chi connectivity index (χ2n) is 33.1. The van der Waals surface area contributed by atoms with Crippen molar-refractivity contribution in [3.8, 4) is 61.8 Å². The number of rotatable bonds is 35. The average Bonchev–Trinajstić information content (AvgIpc) is 1.57. The molecule has 0 bridgehead atoms. The van der Waals surface area contributed by atoms with Crippen molar-refractivity contribution in [1.29, 1.82) is 0 Å². The smallest absolute Gasteiger partial charge is 0.408 e. The molecule has 0 aliphatic carbocycles. The number of aromatic nitrogens is 4. The van der Waals surface area contributed by atoms with Crippen LogP contribution in [0.15, 0.2) is 146 Å². The fourth-order valence-corrected chi connectivity index (χ4v) is 14.8. The largest absolute Gasteiger partial charge is 0.497 e. The molecular weight excluding hydrogens is 1580 g/mol. The van der Waals surface area contributed by atoms with Gasteiger partial charge in [-0.25, -0.2) is 33.9 Å². The summed E-state index contributed by atoms with van der Waals surface area (Å²) in [5.74, 6) is -1.56. The van der Waals surface area contributed by atoms with Crippen molar-refractivity contribution < 1.29 is 85.1 Å². The molecule has 10 rings (SSSR count). The molecule has 2 unspecified atom stereocenters. The number of hydrogen-bond donors (Lipinski definition) is 3. The molecule has 1 aliphatic rings. The summed E-state index contributed by atoms with van der Waals surface area (Å²) in [6.07, 6.45) is 0.909. The van der Waals surface area contributed by atoms with Gasteiger partial charge in [-0.2, -0.15) is 0 Å². The molecule has 120 heavy (non-hydrogen) atoms. The summed E-state index contributed by atoms with van der Waals surface area (Å²) >= 11 is 8.77. The van der Waals surface area contributed by atoms with Crippen LogP contribution in [-0.2, 0) is 80.4 Å². The Bertz CT molecular complexity index is 5070. The van der Waals surface area contributed by atoms with E-state index in [4.69, 9.17) is 69.2 Å². The van der Waals surface area contributed by atoms with Gasteiger partial charge in [0, 0.05) is 67.5 Å². The number of piperazine rings is 1. The maximum absolute atomic E-state index is 14.8. The average molecular weight is 1690 g/mol. The zero-order chi connectivity index (χ0) is 86.8. The van der Waals surface area contributed by atoms with Gasteiger partial charge in [0.1, 0.15) is 89.2 Å². The van der Waals surface area contributed by atoms with E-state index in [2.05, 4.69) is 32.9 Å². The molecule has 638 valence electrons. The summed E-state index contributed by atoms with van der Waals surface area (Å²) < 4.78 is 69.0. The van der Waals surface area contributed by atoms with Crippen LogP contribution in [0.25, 0.3) is 43.2 Å². The first-order valence-corrected chi connectivity index (χ1v) is 40.8. The fourth-order valence-electron chi connectivity index (χ4n) is 13.4. The molecule has 3 aromatic heterocycles. The van der Waals surface area contributed by atoms with E-state index in [1.54, 1.807) is 164 Å². The van der Waals surface area contributed by atoms with Crippen LogP contribution in [0.1, 0.15) is 110 Å². The highest BCUT2D eigenvalue weighted by Gasteiger charge is 2.35. The number of quaternary nitrogens is 1. The zero-order valence-corrected chi connectivity index (χ0v) is 72.5. The van der Waals surface area contributed by atoms with E-state index in [9.17, 15) is 38.0 Å². The van der Waals surface area contributed by atoms with E-state index >= 15 is 0 Å². The molecule has 0 saturated carbocycles. The number of esters is 3. The topological polar surface area (TPSA) is 300 Å². The molecule has 9 aromatic rings. The zero-order valence-electron chi connectivity index (χ0n) is 71.0. The Hall–Kier alpha value is -11.4. The van der Waals surface area contributed by atoms with Crippen molar-refractivity contribution in [3.63, 3.8) is 0 Å². The molecule has 2 atom stereocenters. The number of hydrogen-bond acceptors (Lipinski definition) is 23. The van der Waals surface area contributed by atoms with Crippen molar-refractivity contribution in [2.24, 2.45) is 5.92 Å². The van der Waals surface area contributed by atoms with E-state index in [-0.39, 0.29) is 64.2 Å². The number of carbonyl (C=O) groups is 7. The van der Waals surface area contributed by atoms with Crippen molar-refractivity contribution in [2.45, 2.75) is 145 Å². The normalized spacial score (nSPS) is 13.5. The second kappa shape index (κ2) is 40.6. The van der Waals surface area contributed by atoms with Crippen LogP contribution in [-0.4, -0.2) is 204 Å². The highest BCUT2D eigenvalue weighted by atomic mass is 35.5. The third-order valence-corrected chi connectivity index (χ3v) is 21.1. The van der Waals surface area contributed by atoms with Crippen molar-refractivity contribution in [3.05, 3.63) is 190 Å². The van der Waals surface area contributed by atoms with Gasteiger partial charge in [0.15, 0.2) is 5.82 Å². The number of nitrogens with one attached hydrogen (secondary N) is 3. The van der Waals surface area contributed by atoms with E-state index in [0.29, 0.717) is 135 Å². The van der Waals surface area contributed by atoms with Crippen LogP contribution in [0.2, 0.25) is 5.02 Å². The van der Waals surface area contributed by atoms with Gasteiger partial charge in [-0.1, -0.05) is 92.2 Å². The van der Waals surface area contributed by atoms with Gasteiger partial charge in [0.25, 0.3) is 0 Å². The van der Waals surface area contributed by atoms with Gasteiger partial charge >= 0.3 is 24.0 Å². The lowest BCUT2D eigenvalue weighted by Crippen LogP contribution is -2.57. The Morgan fingerprint density at radius 2 is 1.37 bits per heavy atom. The maximum atomic E-state index is 14.8. The summed E-state index contributed by atoms with van der Waals surface area (Å²) in [4.78, 5) is 121. The predicted octanol–water partition coefficient (Wildman–Crippen LogP) is 13.8. The highest BCUT2D eigenvalue weighted by molar-refractivity contribution is 7.22. The quantitative estimate of drug-likeness (QED) is 0.0189. The third-order valence-electron chi connectivity index (χ3n) is 19.5. The number of fused-ring (bicyclic) bond motifs is 1. The molecule has 1 fully saturated rings. The summed E-state index contributed by atoms with van der Waals surface area (Å²) in [6, 6.07) is 38.1. The minimum absolute atomic E-state index is 0.0323. The number of benzene rings is 6. The Labute approximate surface area is 709 Å². The Balaban J connectivity index is 0.859. The highest BCUT2D eigenvalue weighted by Crippen LogP contribution is 2.50. The van der Waals surface area contributed by atoms with Gasteiger partial charge in [0.05, 0.1) is 82.2 Å². The number of thiophene rings is 1. The van der Waals surface area contributed by atoms with Crippen LogP contribution < -0.4 is 39.6 Å². The molecule has 1 saturated heterocycles.